The fourth-order valence-electron chi connectivity index (χ4n) is 4.47. The van der Waals surface area contributed by atoms with E-state index in [1.807, 2.05) is 17.5 Å². The van der Waals surface area contributed by atoms with Crippen LogP contribution in [0.1, 0.15) is 43.0 Å². The molecule has 2 aliphatic rings. The summed E-state index contributed by atoms with van der Waals surface area (Å²) in [6.45, 7) is 2.06. The smallest absolute Gasteiger partial charge is 0.341 e. The van der Waals surface area contributed by atoms with Gasteiger partial charge in [-0.25, -0.2) is 4.79 Å². The third kappa shape index (κ3) is 3.63. The van der Waals surface area contributed by atoms with Crippen LogP contribution in [-0.4, -0.2) is 18.5 Å². The number of anilines is 1. The number of amides is 1. The van der Waals surface area contributed by atoms with E-state index in [0.29, 0.717) is 27.4 Å². The highest BCUT2D eigenvalue weighted by Gasteiger charge is 2.43. The molecule has 2 bridgehead atoms. The molecule has 3 unspecified atom stereocenters. The van der Waals surface area contributed by atoms with E-state index in [1.54, 1.807) is 19.1 Å². The largest absolute Gasteiger partial charge is 0.462 e. The van der Waals surface area contributed by atoms with E-state index in [2.05, 4.69) is 5.32 Å². The molecule has 2 fully saturated rings. The number of nitrogens with one attached hydrogen (secondary N) is 1. The lowest BCUT2D eigenvalue weighted by Gasteiger charge is -2.20. The zero-order chi connectivity index (χ0) is 19.0. The lowest BCUT2D eigenvalue weighted by Crippen LogP contribution is -2.27. The summed E-state index contributed by atoms with van der Waals surface area (Å²) >= 11 is 7.35. The summed E-state index contributed by atoms with van der Waals surface area (Å²) in [5.41, 5.74) is 2.07. The van der Waals surface area contributed by atoms with Crippen molar-refractivity contribution in [1.82, 2.24) is 0 Å². The van der Waals surface area contributed by atoms with Crippen molar-refractivity contribution in [3.8, 4) is 11.1 Å². The molecule has 0 saturated heterocycles. The van der Waals surface area contributed by atoms with Crippen LogP contribution in [0.15, 0.2) is 29.6 Å². The molecule has 6 heteroatoms. The van der Waals surface area contributed by atoms with Gasteiger partial charge in [-0.2, -0.15) is 0 Å². The number of thiophene rings is 1. The second kappa shape index (κ2) is 7.64. The maximum atomic E-state index is 12.9. The average Bonchev–Trinajstić information content (AvgIpc) is 3.38. The Balaban J connectivity index is 1.62. The molecule has 27 heavy (non-hydrogen) atoms. The number of carbonyl (C=O) groups is 2. The van der Waals surface area contributed by atoms with Crippen LogP contribution in [0.2, 0.25) is 5.02 Å². The number of rotatable bonds is 5. The minimum Gasteiger partial charge on any atom is -0.462 e. The first-order valence-corrected chi connectivity index (χ1v) is 10.7. The number of carbonyl (C=O) groups excluding carboxylic acids is 2. The van der Waals surface area contributed by atoms with Crippen molar-refractivity contribution in [1.29, 1.82) is 0 Å². The highest BCUT2D eigenvalue weighted by atomic mass is 35.5. The Morgan fingerprint density at radius 3 is 2.63 bits per heavy atom. The van der Waals surface area contributed by atoms with E-state index in [-0.39, 0.29) is 18.4 Å². The quantitative estimate of drug-likeness (QED) is 0.659. The molecular formula is C21H22ClNO3S. The second-order valence-corrected chi connectivity index (χ2v) is 8.67. The Morgan fingerprint density at radius 2 is 2.00 bits per heavy atom. The molecule has 1 amide bonds. The minimum atomic E-state index is -0.410. The summed E-state index contributed by atoms with van der Waals surface area (Å²) < 4.78 is 5.26. The van der Waals surface area contributed by atoms with Crippen LogP contribution >= 0.6 is 22.9 Å². The molecule has 2 aromatic rings. The van der Waals surface area contributed by atoms with Gasteiger partial charge in [-0.1, -0.05) is 30.2 Å². The maximum absolute atomic E-state index is 12.9. The number of halogens is 1. The van der Waals surface area contributed by atoms with Crippen LogP contribution in [-0.2, 0) is 9.53 Å². The van der Waals surface area contributed by atoms with E-state index in [1.165, 1.54) is 24.2 Å². The SMILES string of the molecule is CCOC(=O)c1c(-c2ccc(Cl)cc2)csc1NC(=O)C1CC2CCC1C2. The molecule has 4 nitrogen and oxygen atoms in total. The normalized spacial score (nSPS) is 23.4. The molecular weight excluding hydrogens is 382 g/mol. The van der Waals surface area contributed by atoms with Gasteiger partial charge in [0, 0.05) is 21.9 Å². The van der Waals surface area contributed by atoms with E-state index < -0.39 is 5.97 Å². The number of esters is 1. The van der Waals surface area contributed by atoms with Gasteiger partial charge < -0.3 is 10.1 Å². The molecule has 1 N–H and O–H groups in total. The molecule has 2 saturated carbocycles. The van der Waals surface area contributed by atoms with E-state index >= 15 is 0 Å². The maximum Gasteiger partial charge on any atom is 0.341 e. The molecule has 2 aliphatic carbocycles. The van der Waals surface area contributed by atoms with Crippen molar-refractivity contribution in [2.75, 3.05) is 11.9 Å². The number of ether oxygens (including phenoxy) is 1. The summed E-state index contributed by atoms with van der Waals surface area (Å²) in [7, 11) is 0. The molecule has 1 heterocycles. The lowest BCUT2D eigenvalue weighted by atomic mass is 9.88. The minimum absolute atomic E-state index is 0.0391. The van der Waals surface area contributed by atoms with E-state index in [9.17, 15) is 9.59 Å². The molecule has 1 aromatic heterocycles. The Kier molecular flexibility index (Phi) is 5.24. The number of benzene rings is 1. The van der Waals surface area contributed by atoms with Crippen LogP contribution in [0, 0.1) is 17.8 Å². The van der Waals surface area contributed by atoms with Crippen LogP contribution in [0.25, 0.3) is 11.1 Å². The first-order valence-electron chi connectivity index (χ1n) is 9.42. The predicted octanol–water partition coefficient (Wildman–Crippen LogP) is 5.62. The number of hydrogen-bond acceptors (Lipinski definition) is 4. The zero-order valence-electron chi connectivity index (χ0n) is 15.2. The standard InChI is InChI=1S/C21H22ClNO3S/c1-2-26-21(25)18-17(13-5-7-15(22)8-6-13)11-27-20(18)23-19(24)16-10-12-3-4-14(16)9-12/h5-8,11-12,14,16H,2-4,9-10H2,1H3,(H,23,24). The van der Waals surface area contributed by atoms with Crippen molar-refractivity contribution in [3.63, 3.8) is 0 Å². The van der Waals surface area contributed by atoms with E-state index in [4.69, 9.17) is 16.3 Å². The molecule has 142 valence electrons. The summed E-state index contributed by atoms with van der Waals surface area (Å²) in [6.07, 6.45) is 4.54. The fraction of sp³-hybridized carbons (Fsp3) is 0.429. The molecule has 0 spiro atoms. The van der Waals surface area contributed by atoms with Crippen molar-refractivity contribution in [2.24, 2.45) is 17.8 Å². The summed E-state index contributed by atoms with van der Waals surface area (Å²) in [5, 5.41) is 6.14. The monoisotopic (exact) mass is 403 g/mol. The first-order chi connectivity index (χ1) is 13.1. The third-order valence-electron chi connectivity index (χ3n) is 5.74. The Labute approximate surface area is 167 Å². The summed E-state index contributed by atoms with van der Waals surface area (Å²) in [6, 6.07) is 7.32. The second-order valence-electron chi connectivity index (χ2n) is 7.35. The highest BCUT2D eigenvalue weighted by molar-refractivity contribution is 7.15. The highest BCUT2D eigenvalue weighted by Crippen LogP contribution is 2.49. The van der Waals surface area contributed by atoms with E-state index in [0.717, 1.165) is 24.0 Å². The summed E-state index contributed by atoms with van der Waals surface area (Å²) in [5.74, 6) is 0.893. The van der Waals surface area contributed by atoms with Crippen LogP contribution in [0.4, 0.5) is 5.00 Å². The topological polar surface area (TPSA) is 55.4 Å². The van der Waals surface area contributed by atoms with Gasteiger partial charge >= 0.3 is 5.97 Å². The molecule has 0 aliphatic heterocycles. The Morgan fingerprint density at radius 1 is 1.22 bits per heavy atom. The lowest BCUT2D eigenvalue weighted by molar-refractivity contribution is -0.121. The van der Waals surface area contributed by atoms with Gasteiger partial charge in [0.05, 0.1) is 6.61 Å². The Hall–Kier alpha value is -1.85. The molecule has 4 rings (SSSR count). The fourth-order valence-corrected chi connectivity index (χ4v) is 5.55. The third-order valence-corrected chi connectivity index (χ3v) is 6.88. The Bertz CT molecular complexity index is 861. The number of hydrogen-bond donors (Lipinski definition) is 1. The van der Waals surface area contributed by atoms with Crippen molar-refractivity contribution in [2.45, 2.75) is 32.6 Å². The average molecular weight is 404 g/mol. The van der Waals surface area contributed by atoms with Crippen molar-refractivity contribution in [3.05, 3.63) is 40.2 Å². The summed E-state index contributed by atoms with van der Waals surface area (Å²) in [4.78, 5) is 25.5. The van der Waals surface area contributed by atoms with Gasteiger partial charge in [0.25, 0.3) is 0 Å². The van der Waals surface area contributed by atoms with Crippen molar-refractivity contribution >= 4 is 39.8 Å². The van der Waals surface area contributed by atoms with Gasteiger partial charge in [0.15, 0.2) is 0 Å². The predicted molar refractivity (Wildman–Crippen MR) is 108 cm³/mol. The first kappa shape index (κ1) is 18.5. The van der Waals surface area contributed by atoms with Gasteiger partial charge in [-0.3, -0.25) is 4.79 Å². The number of fused-ring (bicyclic) bond motifs is 2. The van der Waals surface area contributed by atoms with Crippen LogP contribution in [0.3, 0.4) is 0 Å². The van der Waals surface area contributed by atoms with Gasteiger partial charge in [-0.05, 0) is 55.7 Å². The molecule has 0 radical (unpaired) electrons. The van der Waals surface area contributed by atoms with Gasteiger partial charge in [0.1, 0.15) is 10.6 Å². The molecule has 1 aromatic carbocycles. The van der Waals surface area contributed by atoms with Crippen LogP contribution in [0.5, 0.6) is 0 Å². The van der Waals surface area contributed by atoms with Crippen LogP contribution < -0.4 is 5.32 Å². The van der Waals surface area contributed by atoms with Gasteiger partial charge in [-0.15, -0.1) is 11.3 Å². The molecule has 3 atom stereocenters. The van der Waals surface area contributed by atoms with Gasteiger partial charge in [0.2, 0.25) is 5.91 Å². The zero-order valence-corrected chi connectivity index (χ0v) is 16.7. The van der Waals surface area contributed by atoms with Crippen molar-refractivity contribution < 1.29 is 14.3 Å².